The lowest BCUT2D eigenvalue weighted by atomic mass is 9.49. The first-order valence-corrected chi connectivity index (χ1v) is 12.4. The van der Waals surface area contributed by atoms with Crippen LogP contribution < -0.4 is 0 Å². The summed E-state index contributed by atoms with van der Waals surface area (Å²) in [6.45, 7) is 12.9. The molecule has 5 unspecified atom stereocenters. The molecule has 0 amide bonds. The standard InChI is InChI=1S/C26H40O6/c1-6-8-16(3)31-32-23-14-17-13-20(27)24-18-9-10-21(30-22(28)7-2)25(18,4)12-11-19(24)26(17,5)15-29-23/h13,18-21,23-24,27H,3,6-12,14-15H2,1-2,4-5H3/t18?,19?,20?,21?,23-,24?,25+,26+/m1/s1. The van der Waals surface area contributed by atoms with Crippen LogP contribution in [0.5, 0.6) is 0 Å². The van der Waals surface area contributed by atoms with Gasteiger partial charge in [0.1, 0.15) is 11.9 Å². The second kappa shape index (κ2) is 9.11. The van der Waals surface area contributed by atoms with Crippen molar-refractivity contribution in [2.75, 3.05) is 6.61 Å². The van der Waals surface area contributed by atoms with Gasteiger partial charge in [0, 0.05) is 30.1 Å². The topological polar surface area (TPSA) is 74.2 Å². The van der Waals surface area contributed by atoms with Crippen molar-refractivity contribution >= 4 is 5.97 Å². The van der Waals surface area contributed by atoms with Crippen LogP contribution in [0.2, 0.25) is 0 Å². The SMILES string of the molecule is C=C(CCC)OO[C@@H]1CC2=CC(O)C3C4CCC(OC(=O)CC)[C@@]4(C)CCC3[C@@]2(C)CO1. The van der Waals surface area contributed by atoms with Crippen molar-refractivity contribution < 1.29 is 29.1 Å². The van der Waals surface area contributed by atoms with Crippen LogP contribution in [0.1, 0.15) is 79.1 Å². The Kier molecular flexibility index (Phi) is 6.77. The molecule has 0 spiro atoms. The van der Waals surface area contributed by atoms with E-state index in [1.165, 1.54) is 5.57 Å². The van der Waals surface area contributed by atoms with Gasteiger partial charge < -0.3 is 19.5 Å². The summed E-state index contributed by atoms with van der Waals surface area (Å²) < 4.78 is 12.0. The molecule has 8 atom stereocenters. The van der Waals surface area contributed by atoms with Crippen LogP contribution in [-0.4, -0.2) is 36.2 Å². The maximum Gasteiger partial charge on any atom is 0.305 e. The van der Waals surface area contributed by atoms with Crippen molar-refractivity contribution in [3.8, 4) is 0 Å². The molecule has 1 saturated heterocycles. The number of hydrogen-bond acceptors (Lipinski definition) is 6. The van der Waals surface area contributed by atoms with Crippen molar-refractivity contribution in [2.45, 2.75) is 97.6 Å². The van der Waals surface area contributed by atoms with E-state index < -0.39 is 12.4 Å². The van der Waals surface area contributed by atoms with Crippen LogP contribution >= 0.6 is 0 Å². The minimum atomic E-state index is -0.497. The molecule has 1 N–H and O–H groups in total. The van der Waals surface area contributed by atoms with Gasteiger partial charge in [0.25, 0.3) is 0 Å². The van der Waals surface area contributed by atoms with E-state index in [2.05, 4.69) is 33.4 Å². The van der Waals surface area contributed by atoms with Gasteiger partial charge in [-0.25, -0.2) is 0 Å². The summed E-state index contributed by atoms with van der Waals surface area (Å²) in [5.41, 5.74) is 1.02. The molecule has 3 aliphatic carbocycles. The first-order chi connectivity index (χ1) is 15.2. The molecule has 1 aliphatic heterocycles. The zero-order chi connectivity index (χ0) is 23.1. The Labute approximate surface area is 192 Å². The minimum absolute atomic E-state index is 0.0416. The summed E-state index contributed by atoms with van der Waals surface area (Å²) in [5.74, 6) is 1.33. The fourth-order valence-corrected chi connectivity index (χ4v) is 7.06. The van der Waals surface area contributed by atoms with Gasteiger partial charge >= 0.3 is 5.97 Å². The first-order valence-electron chi connectivity index (χ1n) is 12.4. The van der Waals surface area contributed by atoms with Crippen molar-refractivity contribution in [1.82, 2.24) is 0 Å². The molecule has 2 saturated carbocycles. The second-order valence-electron chi connectivity index (χ2n) is 10.8. The van der Waals surface area contributed by atoms with Crippen LogP contribution in [-0.2, 0) is 24.0 Å². The zero-order valence-electron chi connectivity index (χ0n) is 20.1. The largest absolute Gasteiger partial charge is 0.462 e. The normalized spacial score (nSPS) is 42.8. The average molecular weight is 449 g/mol. The van der Waals surface area contributed by atoms with Crippen molar-refractivity contribution in [3.63, 3.8) is 0 Å². The van der Waals surface area contributed by atoms with Gasteiger partial charge in [0.05, 0.1) is 12.7 Å². The molecule has 0 aromatic heterocycles. The van der Waals surface area contributed by atoms with E-state index in [-0.39, 0.29) is 28.8 Å². The summed E-state index contributed by atoms with van der Waals surface area (Å²) in [5, 5.41) is 11.3. The lowest BCUT2D eigenvalue weighted by molar-refractivity contribution is -0.368. The maximum atomic E-state index is 12.0. The molecule has 32 heavy (non-hydrogen) atoms. The summed E-state index contributed by atoms with van der Waals surface area (Å²) in [7, 11) is 0. The van der Waals surface area contributed by atoms with E-state index >= 15 is 0 Å². The molecular formula is C26H40O6. The van der Waals surface area contributed by atoms with Crippen LogP contribution in [0.4, 0.5) is 0 Å². The van der Waals surface area contributed by atoms with E-state index in [0.29, 0.717) is 37.0 Å². The fraction of sp³-hybridized carbons (Fsp3) is 0.808. The number of aliphatic hydroxyl groups excluding tert-OH is 1. The molecule has 6 heteroatoms. The van der Waals surface area contributed by atoms with Crippen LogP contribution in [0.15, 0.2) is 24.0 Å². The van der Waals surface area contributed by atoms with E-state index in [9.17, 15) is 9.90 Å². The lowest BCUT2D eigenvalue weighted by Crippen LogP contribution is -2.57. The van der Waals surface area contributed by atoms with Gasteiger partial charge in [-0.05, 0) is 49.9 Å². The molecule has 0 aromatic carbocycles. The third-order valence-corrected chi connectivity index (χ3v) is 8.88. The van der Waals surface area contributed by atoms with Gasteiger partial charge in [-0.15, -0.1) is 0 Å². The van der Waals surface area contributed by atoms with Crippen molar-refractivity contribution in [2.24, 2.45) is 28.6 Å². The summed E-state index contributed by atoms with van der Waals surface area (Å²) >= 11 is 0. The third-order valence-electron chi connectivity index (χ3n) is 8.88. The van der Waals surface area contributed by atoms with E-state index in [1.54, 1.807) is 0 Å². The maximum absolute atomic E-state index is 12.0. The highest BCUT2D eigenvalue weighted by Gasteiger charge is 2.62. The van der Waals surface area contributed by atoms with Gasteiger partial charge in [0.2, 0.25) is 6.29 Å². The molecule has 0 bridgehead atoms. The monoisotopic (exact) mass is 448 g/mol. The molecule has 4 aliphatic rings. The van der Waals surface area contributed by atoms with Crippen LogP contribution in [0.25, 0.3) is 0 Å². The highest BCUT2D eigenvalue weighted by atomic mass is 17.2. The minimum Gasteiger partial charge on any atom is -0.462 e. The van der Waals surface area contributed by atoms with Crippen LogP contribution in [0.3, 0.4) is 0 Å². The summed E-state index contributed by atoms with van der Waals surface area (Å²) in [4.78, 5) is 22.9. The number of carbonyl (C=O) groups excluding carboxylic acids is 1. The first kappa shape index (κ1) is 23.8. The number of esters is 1. The van der Waals surface area contributed by atoms with E-state index in [4.69, 9.17) is 19.2 Å². The third kappa shape index (κ3) is 4.03. The van der Waals surface area contributed by atoms with Gasteiger partial charge in [0.15, 0.2) is 0 Å². The van der Waals surface area contributed by atoms with E-state index in [0.717, 1.165) is 38.5 Å². The smallest absolute Gasteiger partial charge is 0.305 e. The lowest BCUT2D eigenvalue weighted by Gasteiger charge is -2.58. The van der Waals surface area contributed by atoms with Gasteiger partial charge in [-0.1, -0.05) is 45.9 Å². The van der Waals surface area contributed by atoms with E-state index in [1.807, 2.05) is 6.92 Å². The Morgan fingerprint density at radius 3 is 2.75 bits per heavy atom. The average Bonchev–Trinajstić information content (AvgIpc) is 3.09. The molecule has 6 nitrogen and oxygen atoms in total. The molecular weight excluding hydrogens is 408 g/mol. The Morgan fingerprint density at radius 1 is 1.25 bits per heavy atom. The number of fused-ring (bicyclic) bond motifs is 5. The van der Waals surface area contributed by atoms with Gasteiger partial charge in [-0.2, -0.15) is 4.89 Å². The van der Waals surface area contributed by atoms with Crippen LogP contribution in [0, 0.1) is 28.6 Å². The molecule has 0 aromatic rings. The summed E-state index contributed by atoms with van der Waals surface area (Å²) in [6, 6.07) is 0. The Balaban J connectivity index is 1.49. The Morgan fingerprint density at radius 2 is 2.03 bits per heavy atom. The zero-order valence-corrected chi connectivity index (χ0v) is 20.1. The summed E-state index contributed by atoms with van der Waals surface area (Å²) in [6.07, 6.45) is 7.64. The quantitative estimate of drug-likeness (QED) is 0.193. The predicted molar refractivity (Wildman–Crippen MR) is 120 cm³/mol. The highest BCUT2D eigenvalue weighted by molar-refractivity contribution is 5.69. The molecule has 4 rings (SSSR count). The number of allylic oxidation sites excluding steroid dienone is 1. The Hall–Kier alpha value is -1.37. The number of rotatable bonds is 7. The number of aliphatic hydroxyl groups is 1. The van der Waals surface area contributed by atoms with Gasteiger partial charge in [-0.3, -0.25) is 4.79 Å². The van der Waals surface area contributed by atoms with Crippen molar-refractivity contribution in [1.29, 1.82) is 0 Å². The van der Waals surface area contributed by atoms with Crippen molar-refractivity contribution in [3.05, 3.63) is 24.0 Å². The predicted octanol–water partition coefficient (Wildman–Crippen LogP) is 5.07. The second-order valence-corrected chi connectivity index (χ2v) is 10.8. The highest BCUT2D eigenvalue weighted by Crippen LogP contribution is 2.64. The molecule has 180 valence electrons. The number of carbonyl (C=O) groups is 1. The molecule has 3 fully saturated rings. The fourth-order valence-electron chi connectivity index (χ4n) is 7.06. The molecule has 1 heterocycles. The number of ether oxygens (including phenoxy) is 2. The Bertz CT molecular complexity index is 761. The number of hydrogen-bond donors (Lipinski definition) is 1. The molecule has 0 radical (unpaired) electrons.